The molecule has 0 amide bonds. The van der Waals surface area contributed by atoms with Crippen molar-refractivity contribution < 1.29 is 38.5 Å². The van der Waals surface area contributed by atoms with Crippen molar-refractivity contribution in [3.05, 3.63) is 152 Å². The van der Waals surface area contributed by atoms with Gasteiger partial charge in [0, 0.05) is 67.3 Å². The van der Waals surface area contributed by atoms with E-state index in [4.69, 9.17) is 19.3 Å². The van der Waals surface area contributed by atoms with E-state index in [0.717, 1.165) is 44.5 Å². The van der Waals surface area contributed by atoms with E-state index in [1.807, 2.05) is 80.7 Å². The average molecular weight is 1670 g/mol. The molecule has 0 fully saturated rings. The monoisotopic (exact) mass is 1670 g/mol. The third-order valence-electron chi connectivity index (χ3n) is 12.3. The van der Waals surface area contributed by atoms with Gasteiger partial charge in [-0.2, -0.15) is 11.3 Å². The minimum absolute atomic E-state index is 0.0785. The Hall–Kier alpha value is -2.10. The molecule has 8 nitrogen and oxygen atoms in total. The first-order chi connectivity index (χ1) is 40.8. The SMILES string of the molecule is BrBr.CCC[CH2][Sn]([CH2]CCC)([CH2]CCC)[c]1cccs1.CCOC(=O)Cc1cc(-c2cccs2)sc1-c1cccs1.CCOC(=O)Cc1cc(Br)sc1Br.CCOC(=O)Cc1ccsc1.O=C(O)Cc1cc(-c2cccs2)sc1-c1cccs1. The number of rotatable bonds is 25. The molecule has 0 atom stereocenters. The van der Waals surface area contributed by atoms with Crippen molar-refractivity contribution in [3.63, 3.8) is 0 Å². The van der Waals surface area contributed by atoms with Crippen LogP contribution < -0.4 is 2.89 Å². The standard InChI is InChI=1S/C16H14O2S3.C14H10O2S3.C8H8Br2O2S.C8H10O2S.C4H3S.3C4H9.Br2.Sn/c1-2-18-15(17)10-11-9-14(12-5-3-7-19-12)21-16(11)13-6-4-8-20-13;15-13(16)8-9-7-12(10-3-1-5-17-10)19-14(9)11-4-2-6-18-11;1-2-12-7(11)4-5-3-6(9)13-8(5)10;1-2-10-8(9)5-7-3-4-11-6-7;1-2-4-5-3-1;3*1-3-4-2;1-2;/h3-9H,2,10H2,1H3;1-7H,8H2,(H,15,16);3H,2,4H2,1H3;3-4,6H,2,5H2,1H3;1-3H;3*1,3-4H2,2H3;;. The molecule has 9 rings (SSSR count). The van der Waals surface area contributed by atoms with Crippen molar-refractivity contribution in [1.29, 1.82) is 0 Å². The summed E-state index contributed by atoms with van der Waals surface area (Å²) >= 11 is 25.6. The quantitative estimate of drug-likeness (QED) is 0.0342. The van der Waals surface area contributed by atoms with Crippen molar-refractivity contribution >= 4 is 207 Å². The topological polar surface area (TPSA) is 116 Å². The second kappa shape index (κ2) is 42.8. The number of unbranched alkanes of at least 4 members (excludes halogenated alkanes) is 3. The van der Waals surface area contributed by atoms with Crippen molar-refractivity contribution in [2.45, 2.75) is 119 Å². The first-order valence-electron chi connectivity index (χ1n) is 27.5. The number of hydrogen-bond acceptors (Lipinski definition) is 16. The minimum Gasteiger partial charge on any atom is -0.481 e. The summed E-state index contributed by atoms with van der Waals surface area (Å²) in [6.07, 6.45) is 9.70. The molecule has 9 aromatic rings. The van der Waals surface area contributed by atoms with Crippen molar-refractivity contribution in [1.82, 2.24) is 0 Å². The van der Waals surface area contributed by atoms with E-state index in [1.165, 1.54) is 62.9 Å². The third kappa shape index (κ3) is 26.2. The molecule has 0 aliphatic rings. The number of carboxylic acids is 1. The molecule has 0 aliphatic heterocycles. The van der Waals surface area contributed by atoms with Crippen LogP contribution in [0.15, 0.2) is 130 Å². The van der Waals surface area contributed by atoms with Crippen molar-refractivity contribution in [2.24, 2.45) is 0 Å². The Morgan fingerprint density at radius 1 is 0.476 bits per heavy atom. The van der Waals surface area contributed by atoms with Gasteiger partial charge in [0.2, 0.25) is 0 Å². The Balaban J connectivity index is 0.000000227. The number of carboxylic acid groups (broad SMARTS) is 1. The maximum atomic E-state index is 11.8. The molecule has 0 unspecified atom stereocenters. The van der Waals surface area contributed by atoms with Gasteiger partial charge in [0.25, 0.3) is 0 Å². The number of halogens is 4. The van der Waals surface area contributed by atoms with Crippen LogP contribution in [0.2, 0.25) is 13.3 Å². The summed E-state index contributed by atoms with van der Waals surface area (Å²) in [6.45, 7) is 13.8. The van der Waals surface area contributed by atoms with Crippen LogP contribution >= 0.6 is 162 Å². The van der Waals surface area contributed by atoms with E-state index in [2.05, 4.69) is 151 Å². The number of esters is 3. The number of carbonyl (C=O) groups excluding carboxylic acids is 3. The molecule has 9 heterocycles. The van der Waals surface area contributed by atoms with E-state index in [0.29, 0.717) is 39.1 Å². The molecule has 454 valence electrons. The minimum atomic E-state index is -2.01. The van der Waals surface area contributed by atoms with Crippen molar-refractivity contribution in [2.75, 3.05) is 19.8 Å². The fourth-order valence-corrected chi connectivity index (χ4v) is 37.6. The van der Waals surface area contributed by atoms with Crippen LogP contribution in [0.5, 0.6) is 0 Å². The van der Waals surface area contributed by atoms with Gasteiger partial charge in [-0.1, -0.05) is 24.3 Å². The maximum absolute atomic E-state index is 11.8. The summed E-state index contributed by atoms with van der Waals surface area (Å²) in [6, 6.07) is 29.2. The summed E-state index contributed by atoms with van der Waals surface area (Å²) in [5.41, 5.74) is 3.97. The second-order valence-electron chi connectivity index (χ2n) is 18.4. The molecule has 0 aliphatic carbocycles. The van der Waals surface area contributed by atoms with Gasteiger partial charge < -0.3 is 19.3 Å². The summed E-state index contributed by atoms with van der Waals surface area (Å²) in [5.74, 6) is -1.28. The third-order valence-corrected chi connectivity index (χ3v) is 41.3. The van der Waals surface area contributed by atoms with Crippen LogP contribution in [-0.4, -0.2) is 67.2 Å². The molecule has 22 heteroatoms. The number of aliphatic carboxylic acids is 1. The Bertz CT molecular complexity index is 3140. The predicted molar refractivity (Wildman–Crippen MR) is 385 cm³/mol. The molecule has 84 heavy (non-hydrogen) atoms. The van der Waals surface area contributed by atoms with E-state index < -0.39 is 24.3 Å². The maximum Gasteiger partial charge on any atom is 0.310 e. The fourth-order valence-electron chi connectivity index (χ4n) is 8.47. The molecule has 0 bridgehead atoms. The van der Waals surface area contributed by atoms with E-state index in [1.54, 1.807) is 111 Å². The molecule has 0 radical (unpaired) electrons. The Morgan fingerprint density at radius 3 is 1.25 bits per heavy atom. The molecule has 0 saturated heterocycles. The summed E-state index contributed by atoms with van der Waals surface area (Å²) in [7, 11) is 0. The van der Waals surface area contributed by atoms with Crippen LogP contribution in [0.25, 0.3) is 39.0 Å². The number of thiophene rings is 9. The first-order valence-corrected chi connectivity index (χ1v) is 48.1. The first kappa shape index (κ1) is 74.4. The second-order valence-corrected chi connectivity index (χ2v) is 43.9. The largest absolute Gasteiger partial charge is 0.481 e. The zero-order valence-corrected chi connectivity index (χ0v) is 64.5. The van der Waals surface area contributed by atoms with Gasteiger partial charge >= 0.3 is 147 Å². The molecule has 1 N–H and O–H groups in total. The number of ether oxygens (including phenoxy) is 3. The summed E-state index contributed by atoms with van der Waals surface area (Å²) in [5, 5.41) is 23.5. The number of hydrogen-bond donors (Lipinski definition) is 1. The van der Waals surface area contributed by atoms with Crippen LogP contribution in [-0.2, 0) is 59.1 Å². The van der Waals surface area contributed by atoms with Gasteiger partial charge in [0.15, 0.2) is 0 Å². The smallest absolute Gasteiger partial charge is 0.310 e. The van der Waals surface area contributed by atoms with Gasteiger partial charge in [-0.3, -0.25) is 19.2 Å². The zero-order valence-electron chi connectivity index (χ0n) is 47.9. The number of carbonyl (C=O) groups is 4. The van der Waals surface area contributed by atoms with Gasteiger partial charge in [-0.25, -0.2) is 0 Å². The Morgan fingerprint density at radius 2 is 0.893 bits per heavy atom. The van der Waals surface area contributed by atoms with Gasteiger partial charge in [-0.15, -0.1) is 79.4 Å². The van der Waals surface area contributed by atoms with Gasteiger partial charge in [0.1, 0.15) is 0 Å². The van der Waals surface area contributed by atoms with E-state index in [9.17, 15) is 19.2 Å². The van der Waals surface area contributed by atoms with Gasteiger partial charge in [0.05, 0.1) is 53.1 Å². The van der Waals surface area contributed by atoms with Gasteiger partial charge in [-0.05, 0) is 156 Å². The Kier molecular flexibility index (Phi) is 37.9. The molecule has 0 aromatic carbocycles. The zero-order chi connectivity index (χ0) is 61.1. The summed E-state index contributed by atoms with van der Waals surface area (Å²) in [4.78, 5) is 54.2. The predicted octanol–water partition coefficient (Wildman–Crippen LogP) is 22.9. The van der Waals surface area contributed by atoms with Crippen LogP contribution in [0.1, 0.15) is 102 Å². The summed E-state index contributed by atoms with van der Waals surface area (Å²) < 4.78 is 23.4. The average Bonchev–Trinajstić information content (AvgIpc) is 4.25. The van der Waals surface area contributed by atoms with E-state index in [-0.39, 0.29) is 24.3 Å². The molecule has 9 aromatic heterocycles. The van der Waals surface area contributed by atoms with Crippen LogP contribution in [0.4, 0.5) is 0 Å². The molecular formula is C62H72Br4O8S9Sn. The molecule has 0 spiro atoms. The van der Waals surface area contributed by atoms with Crippen LogP contribution in [0, 0.1) is 0 Å². The Labute approximate surface area is 569 Å². The van der Waals surface area contributed by atoms with E-state index >= 15 is 0 Å². The fraction of sp³-hybridized carbons (Fsp3) is 0.355. The molecular weight excluding hydrogens is 1600 g/mol. The van der Waals surface area contributed by atoms with Crippen molar-refractivity contribution in [3.8, 4) is 39.0 Å². The normalized spacial score (nSPS) is 10.5. The molecule has 0 saturated carbocycles. The van der Waals surface area contributed by atoms with Crippen LogP contribution in [0.3, 0.4) is 0 Å².